The molecule has 5 aromatic rings. The topological polar surface area (TPSA) is 107 Å². The molecule has 24 heavy (non-hydrogen) atoms. The highest BCUT2D eigenvalue weighted by atomic mass is 79.9. The second-order valence-electron chi connectivity index (χ2n) is 5.16. The van der Waals surface area contributed by atoms with E-state index in [1.807, 2.05) is 18.5 Å². The molecule has 5 aromatic heterocycles. The molecule has 5 rings (SSSR count). The molecule has 0 atom stereocenters. The van der Waals surface area contributed by atoms with Crippen molar-refractivity contribution in [2.45, 2.75) is 6.67 Å². The molecule has 0 aliphatic carbocycles. The third-order valence-electron chi connectivity index (χ3n) is 3.55. The summed E-state index contributed by atoms with van der Waals surface area (Å²) in [6, 6.07) is 1.87. The van der Waals surface area contributed by atoms with E-state index in [4.69, 9.17) is 0 Å². The fraction of sp³-hybridized carbons (Fsp3) is 0.0769. The molecule has 0 aliphatic heterocycles. The van der Waals surface area contributed by atoms with Crippen molar-refractivity contribution in [3.05, 3.63) is 41.7 Å². The number of rotatable bonds is 3. The Labute approximate surface area is 142 Å². The number of fused-ring (bicyclic) bond motifs is 3. The van der Waals surface area contributed by atoms with Gasteiger partial charge in [-0.05, 0) is 22.0 Å². The fourth-order valence-electron chi connectivity index (χ4n) is 2.47. The van der Waals surface area contributed by atoms with Crippen molar-refractivity contribution in [2.75, 3.05) is 0 Å². The number of H-pyrrole nitrogens is 1. The van der Waals surface area contributed by atoms with E-state index in [0.29, 0.717) is 29.5 Å². The molecule has 0 spiro atoms. The molecule has 0 radical (unpaired) electrons. The predicted molar refractivity (Wildman–Crippen MR) is 87.0 cm³/mol. The lowest BCUT2D eigenvalue weighted by molar-refractivity contribution is 0.503. The van der Waals surface area contributed by atoms with E-state index in [2.05, 4.69) is 51.4 Å². The van der Waals surface area contributed by atoms with Crippen LogP contribution in [0.25, 0.3) is 28.2 Å². The number of halogens is 1. The first kappa shape index (κ1) is 13.4. The number of aromatic nitrogens is 10. The Morgan fingerprint density at radius 3 is 3.00 bits per heavy atom. The van der Waals surface area contributed by atoms with E-state index in [-0.39, 0.29) is 0 Å². The van der Waals surface area contributed by atoms with Gasteiger partial charge in [-0.3, -0.25) is 9.78 Å². The summed E-state index contributed by atoms with van der Waals surface area (Å²) in [4.78, 5) is 8.79. The Hall–Kier alpha value is -3.08. The van der Waals surface area contributed by atoms with Crippen molar-refractivity contribution in [1.29, 1.82) is 0 Å². The summed E-state index contributed by atoms with van der Waals surface area (Å²) < 4.78 is 6.09. The third kappa shape index (κ3) is 2.09. The van der Waals surface area contributed by atoms with Crippen LogP contribution < -0.4 is 0 Å². The van der Waals surface area contributed by atoms with Crippen LogP contribution in [0.3, 0.4) is 0 Å². The Morgan fingerprint density at radius 2 is 2.12 bits per heavy atom. The summed E-state index contributed by atoms with van der Waals surface area (Å²) in [5.41, 5.74) is 2.05. The third-order valence-corrected chi connectivity index (χ3v) is 3.96. The molecule has 0 aliphatic rings. The van der Waals surface area contributed by atoms with Crippen LogP contribution in [-0.2, 0) is 6.67 Å². The highest BCUT2D eigenvalue weighted by Crippen LogP contribution is 2.18. The molecule has 5 heterocycles. The van der Waals surface area contributed by atoms with E-state index < -0.39 is 0 Å². The van der Waals surface area contributed by atoms with Crippen molar-refractivity contribution in [3.8, 4) is 11.5 Å². The lowest BCUT2D eigenvalue weighted by atomic mass is 10.4. The van der Waals surface area contributed by atoms with Crippen LogP contribution in [0.2, 0.25) is 0 Å². The van der Waals surface area contributed by atoms with Gasteiger partial charge < -0.3 is 0 Å². The minimum atomic E-state index is 0.506. The van der Waals surface area contributed by atoms with Crippen LogP contribution in [0.15, 0.2) is 41.7 Å². The quantitative estimate of drug-likeness (QED) is 0.502. The smallest absolute Gasteiger partial charge is 0.202 e. The van der Waals surface area contributed by atoms with Crippen molar-refractivity contribution in [3.63, 3.8) is 0 Å². The van der Waals surface area contributed by atoms with Crippen LogP contribution in [0, 0.1) is 0 Å². The number of aromatic amines is 1. The van der Waals surface area contributed by atoms with E-state index in [1.54, 1.807) is 32.6 Å². The maximum absolute atomic E-state index is 4.55. The number of hydrogen-bond acceptors (Lipinski definition) is 6. The first-order valence-corrected chi connectivity index (χ1v) is 7.82. The molecule has 1 N–H and O–H groups in total. The monoisotopic (exact) mass is 384 g/mol. The summed E-state index contributed by atoms with van der Waals surface area (Å²) in [6.07, 6.45) is 8.76. The molecule has 11 heteroatoms. The molecule has 0 amide bonds. The number of hydrogen-bond donors (Lipinski definition) is 1. The van der Waals surface area contributed by atoms with Crippen LogP contribution in [0.5, 0.6) is 0 Å². The average molecular weight is 385 g/mol. The van der Waals surface area contributed by atoms with Crippen LogP contribution in [-0.4, -0.2) is 49.3 Å². The lowest BCUT2D eigenvalue weighted by Crippen LogP contribution is -2.08. The normalized spacial score (nSPS) is 11.7. The van der Waals surface area contributed by atoms with Crippen molar-refractivity contribution >= 4 is 32.6 Å². The molecule has 0 bridgehead atoms. The molecule has 0 unspecified atom stereocenters. The summed E-state index contributed by atoms with van der Waals surface area (Å²) in [7, 11) is 0. The zero-order valence-electron chi connectivity index (χ0n) is 12.1. The zero-order chi connectivity index (χ0) is 16.1. The highest BCUT2D eigenvalue weighted by molar-refractivity contribution is 9.10. The highest BCUT2D eigenvalue weighted by Gasteiger charge is 2.13. The standard InChI is InChI=1S/C13H9BrN10/c14-8-3-17-23(5-8)7-22-2-1-10(20-22)12-18-13-9-4-16-19-11(9)15-6-24(13)21-12/h1-6H,7H2,(H,16,19). The molecule has 10 nitrogen and oxygen atoms in total. The maximum atomic E-state index is 4.55. The van der Waals surface area contributed by atoms with E-state index >= 15 is 0 Å². The molecule has 0 fully saturated rings. The van der Waals surface area contributed by atoms with Crippen LogP contribution in [0.1, 0.15) is 0 Å². The van der Waals surface area contributed by atoms with Crippen molar-refractivity contribution in [1.82, 2.24) is 49.3 Å². The van der Waals surface area contributed by atoms with E-state index in [9.17, 15) is 0 Å². The van der Waals surface area contributed by atoms with Gasteiger partial charge in [0.1, 0.15) is 18.7 Å². The Morgan fingerprint density at radius 1 is 1.17 bits per heavy atom. The average Bonchev–Trinajstić information content (AvgIpc) is 3.32. The van der Waals surface area contributed by atoms with Crippen molar-refractivity contribution in [2.24, 2.45) is 0 Å². The van der Waals surface area contributed by atoms with Gasteiger partial charge in [0.15, 0.2) is 11.3 Å². The Balaban J connectivity index is 1.53. The van der Waals surface area contributed by atoms with Crippen molar-refractivity contribution < 1.29 is 0 Å². The first-order valence-electron chi connectivity index (χ1n) is 7.02. The SMILES string of the molecule is Brc1cnn(Cn2ccc(-c3nc4c5cn[nH]c5ncn4n3)n2)c1. The molecular formula is C13H9BrN10. The summed E-state index contributed by atoms with van der Waals surface area (Å²) in [5.74, 6) is 0.533. The number of nitrogens with zero attached hydrogens (tertiary/aromatic N) is 9. The van der Waals surface area contributed by atoms with Crippen LogP contribution >= 0.6 is 15.9 Å². The van der Waals surface area contributed by atoms with Gasteiger partial charge >= 0.3 is 0 Å². The van der Waals surface area contributed by atoms with Gasteiger partial charge in [-0.2, -0.15) is 15.3 Å². The van der Waals surface area contributed by atoms with E-state index in [0.717, 1.165) is 9.86 Å². The molecule has 0 saturated carbocycles. The largest absolute Gasteiger partial charge is 0.261 e. The molecule has 118 valence electrons. The van der Waals surface area contributed by atoms with Gasteiger partial charge in [-0.15, -0.1) is 5.10 Å². The minimum absolute atomic E-state index is 0.506. The van der Waals surface area contributed by atoms with Gasteiger partial charge in [-0.25, -0.2) is 19.2 Å². The van der Waals surface area contributed by atoms with Gasteiger partial charge in [0.05, 0.1) is 22.3 Å². The maximum Gasteiger partial charge on any atom is 0.202 e. The van der Waals surface area contributed by atoms with Gasteiger partial charge in [0.25, 0.3) is 0 Å². The zero-order valence-corrected chi connectivity index (χ0v) is 13.7. The summed E-state index contributed by atoms with van der Waals surface area (Å²) >= 11 is 3.37. The Bertz CT molecular complexity index is 1160. The first-order chi connectivity index (χ1) is 11.8. The Kier molecular flexibility index (Phi) is 2.76. The summed E-state index contributed by atoms with van der Waals surface area (Å²) in [6.45, 7) is 0.506. The van der Waals surface area contributed by atoms with E-state index in [1.165, 1.54) is 0 Å². The van der Waals surface area contributed by atoms with Gasteiger partial charge in [0, 0.05) is 12.4 Å². The lowest BCUT2D eigenvalue weighted by Gasteiger charge is -2.00. The molecule has 0 saturated heterocycles. The van der Waals surface area contributed by atoms with Gasteiger partial charge in [0.2, 0.25) is 5.82 Å². The minimum Gasteiger partial charge on any atom is -0.261 e. The molecule has 0 aromatic carbocycles. The number of nitrogens with one attached hydrogen (secondary N) is 1. The van der Waals surface area contributed by atoms with Gasteiger partial charge in [-0.1, -0.05) is 0 Å². The predicted octanol–water partition coefficient (Wildman–Crippen LogP) is 1.33. The second kappa shape index (κ2) is 4.96. The second-order valence-corrected chi connectivity index (χ2v) is 6.08. The molecular weight excluding hydrogens is 376 g/mol. The van der Waals surface area contributed by atoms with Crippen LogP contribution in [0.4, 0.5) is 0 Å². The fourth-order valence-corrected chi connectivity index (χ4v) is 2.80. The summed E-state index contributed by atoms with van der Waals surface area (Å²) in [5, 5.41) is 20.8.